The minimum atomic E-state index is -0.814. The predicted octanol–water partition coefficient (Wildman–Crippen LogP) is 2.71. The molecule has 0 bridgehead atoms. The van der Waals surface area contributed by atoms with Gasteiger partial charge in [0.25, 0.3) is 5.91 Å². The van der Waals surface area contributed by atoms with Crippen LogP contribution in [0.3, 0.4) is 0 Å². The fraction of sp³-hybridized carbons (Fsp3) is 0.529. The highest BCUT2D eigenvalue weighted by molar-refractivity contribution is 7.17. The molecule has 7 nitrogen and oxygen atoms in total. The Hall–Kier alpha value is -2.22. The van der Waals surface area contributed by atoms with Gasteiger partial charge in [-0.2, -0.15) is 5.10 Å². The van der Waals surface area contributed by atoms with Crippen LogP contribution in [-0.2, 0) is 11.8 Å². The van der Waals surface area contributed by atoms with Gasteiger partial charge in [-0.1, -0.05) is 0 Å². The van der Waals surface area contributed by atoms with E-state index in [9.17, 15) is 9.59 Å². The van der Waals surface area contributed by atoms with Crippen LogP contribution in [0, 0.1) is 6.92 Å². The summed E-state index contributed by atoms with van der Waals surface area (Å²) in [5, 5.41) is 13.9. The molecule has 0 aliphatic carbocycles. The number of carboxylic acid groups (broad SMARTS) is 1. The fourth-order valence-corrected chi connectivity index (χ4v) is 4.24. The summed E-state index contributed by atoms with van der Waals surface area (Å²) in [7, 11) is 1.84. The summed E-state index contributed by atoms with van der Waals surface area (Å²) in [6, 6.07) is 0.000641. The largest absolute Gasteiger partial charge is 0.481 e. The maximum absolute atomic E-state index is 13.1. The van der Waals surface area contributed by atoms with E-state index in [4.69, 9.17) is 5.11 Å². The van der Waals surface area contributed by atoms with Gasteiger partial charge in [-0.25, -0.2) is 4.98 Å². The summed E-state index contributed by atoms with van der Waals surface area (Å²) in [4.78, 5) is 31.0. The molecule has 1 saturated heterocycles. The topological polar surface area (TPSA) is 88.3 Å². The van der Waals surface area contributed by atoms with E-state index in [1.807, 2.05) is 25.1 Å². The molecule has 1 atom stereocenters. The van der Waals surface area contributed by atoms with Crippen molar-refractivity contribution in [1.82, 2.24) is 19.7 Å². The molecule has 1 amide bonds. The van der Waals surface area contributed by atoms with E-state index in [-0.39, 0.29) is 18.4 Å². The lowest BCUT2D eigenvalue weighted by Crippen LogP contribution is -2.43. The van der Waals surface area contributed by atoms with Crippen molar-refractivity contribution < 1.29 is 14.7 Å². The molecular weight excluding hydrogens is 340 g/mol. The van der Waals surface area contributed by atoms with E-state index in [0.29, 0.717) is 17.8 Å². The zero-order chi connectivity index (χ0) is 18.0. The van der Waals surface area contributed by atoms with E-state index in [1.54, 1.807) is 10.9 Å². The van der Waals surface area contributed by atoms with Gasteiger partial charge in [-0.05, 0) is 32.6 Å². The van der Waals surface area contributed by atoms with Crippen molar-refractivity contribution in [3.8, 4) is 10.6 Å². The first-order valence-electron chi connectivity index (χ1n) is 8.45. The first-order valence-corrected chi connectivity index (χ1v) is 9.26. The number of aryl methyl sites for hydroxylation is 2. The van der Waals surface area contributed by atoms with Crippen molar-refractivity contribution in [1.29, 1.82) is 0 Å². The molecule has 0 radical (unpaired) electrons. The molecule has 0 saturated carbocycles. The molecule has 2 aromatic rings. The summed E-state index contributed by atoms with van der Waals surface area (Å²) >= 11 is 1.38. The van der Waals surface area contributed by atoms with Crippen molar-refractivity contribution >= 4 is 23.2 Å². The summed E-state index contributed by atoms with van der Waals surface area (Å²) in [5.74, 6) is -0.842. The maximum Gasteiger partial charge on any atom is 0.303 e. The molecule has 0 spiro atoms. The summed E-state index contributed by atoms with van der Waals surface area (Å²) in [6.45, 7) is 2.53. The van der Waals surface area contributed by atoms with Crippen LogP contribution >= 0.6 is 11.3 Å². The van der Waals surface area contributed by atoms with Crippen LogP contribution < -0.4 is 0 Å². The Morgan fingerprint density at radius 3 is 2.88 bits per heavy atom. The molecule has 1 fully saturated rings. The van der Waals surface area contributed by atoms with Crippen LogP contribution in [0.1, 0.15) is 47.5 Å². The first kappa shape index (κ1) is 17.6. The van der Waals surface area contributed by atoms with Gasteiger partial charge in [0.15, 0.2) is 0 Å². The smallest absolute Gasteiger partial charge is 0.303 e. The van der Waals surface area contributed by atoms with Gasteiger partial charge in [0.1, 0.15) is 9.88 Å². The number of rotatable bonds is 5. The Morgan fingerprint density at radius 2 is 2.20 bits per heavy atom. The summed E-state index contributed by atoms with van der Waals surface area (Å²) in [6.07, 6.45) is 7.09. The van der Waals surface area contributed by atoms with Crippen LogP contribution in [-0.4, -0.2) is 49.2 Å². The van der Waals surface area contributed by atoms with Gasteiger partial charge in [0.05, 0.1) is 11.9 Å². The Balaban J connectivity index is 1.81. The molecule has 1 aliphatic heterocycles. The number of aromatic nitrogens is 3. The third-order valence-corrected chi connectivity index (χ3v) is 5.72. The Kier molecular flexibility index (Phi) is 5.17. The minimum absolute atomic E-state index is 0.000641. The Morgan fingerprint density at radius 1 is 1.40 bits per heavy atom. The summed E-state index contributed by atoms with van der Waals surface area (Å²) < 4.78 is 1.71. The number of aliphatic carboxylic acids is 1. The van der Waals surface area contributed by atoms with Crippen LogP contribution in [0.4, 0.5) is 0 Å². The predicted molar refractivity (Wildman–Crippen MR) is 94.6 cm³/mol. The number of amides is 1. The fourth-order valence-electron chi connectivity index (χ4n) is 3.24. The lowest BCUT2D eigenvalue weighted by molar-refractivity contribution is -0.137. The van der Waals surface area contributed by atoms with Crippen molar-refractivity contribution in [3.05, 3.63) is 23.0 Å². The van der Waals surface area contributed by atoms with Crippen LogP contribution in [0.5, 0.6) is 0 Å². The number of piperidine rings is 1. The van der Waals surface area contributed by atoms with Crippen molar-refractivity contribution in [3.63, 3.8) is 0 Å². The monoisotopic (exact) mass is 362 g/mol. The average Bonchev–Trinajstić information content (AvgIpc) is 3.18. The van der Waals surface area contributed by atoms with E-state index >= 15 is 0 Å². The lowest BCUT2D eigenvalue weighted by atomic mass is 9.97. The molecule has 1 aliphatic rings. The number of carbonyl (C=O) groups excluding carboxylic acids is 1. The molecule has 3 heterocycles. The molecule has 1 N–H and O–H groups in total. The lowest BCUT2D eigenvalue weighted by Gasteiger charge is -2.35. The van der Waals surface area contributed by atoms with Crippen LogP contribution in [0.15, 0.2) is 12.4 Å². The van der Waals surface area contributed by atoms with Gasteiger partial charge >= 0.3 is 5.97 Å². The highest BCUT2D eigenvalue weighted by Gasteiger charge is 2.30. The third kappa shape index (κ3) is 3.89. The van der Waals surface area contributed by atoms with E-state index in [2.05, 4.69) is 10.1 Å². The van der Waals surface area contributed by atoms with Gasteiger partial charge in [0.2, 0.25) is 0 Å². The summed E-state index contributed by atoms with van der Waals surface area (Å²) in [5.41, 5.74) is 1.62. The Bertz CT molecular complexity index is 783. The minimum Gasteiger partial charge on any atom is -0.481 e. The van der Waals surface area contributed by atoms with Crippen LogP contribution in [0.25, 0.3) is 10.6 Å². The molecule has 8 heteroatoms. The number of carbonyl (C=O) groups is 2. The second kappa shape index (κ2) is 7.35. The molecule has 0 aromatic carbocycles. The van der Waals surface area contributed by atoms with Gasteiger partial charge in [0, 0.05) is 37.8 Å². The van der Waals surface area contributed by atoms with Crippen molar-refractivity contribution in [2.24, 2.45) is 7.05 Å². The zero-order valence-electron chi connectivity index (χ0n) is 14.4. The molecule has 25 heavy (non-hydrogen) atoms. The number of nitrogens with zero attached hydrogens (tertiary/aromatic N) is 4. The van der Waals surface area contributed by atoms with E-state index < -0.39 is 5.97 Å². The first-order chi connectivity index (χ1) is 12.0. The number of likely N-dealkylation sites (tertiary alicyclic amines) is 1. The molecule has 134 valence electrons. The molecule has 3 rings (SSSR count). The third-order valence-electron chi connectivity index (χ3n) is 4.52. The van der Waals surface area contributed by atoms with Gasteiger partial charge < -0.3 is 10.0 Å². The number of thiazole rings is 1. The highest BCUT2D eigenvalue weighted by atomic mass is 32.1. The molecular formula is C17H22N4O3S. The van der Waals surface area contributed by atoms with Gasteiger partial charge in [-0.15, -0.1) is 11.3 Å². The second-order valence-electron chi connectivity index (χ2n) is 6.42. The SMILES string of the molecule is Cc1nc(-c2cnn(C)c2)sc1C(=O)N1CCCC[C@H]1CCC(=O)O. The van der Waals surface area contributed by atoms with Gasteiger partial charge in [-0.3, -0.25) is 14.3 Å². The number of hydrogen-bond acceptors (Lipinski definition) is 5. The number of hydrogen-bond donors (Lipinski definition) is 1. The maximum atomic E-state index is 13.1. The average molecular weight is 362 g/mol. The van der Waals surface area contributed by atoms with Crippen molar-refractivity contribution in [2.75, 3.05) is 6.54 Å². The standard InChI is InChI=1S/C17H22N4O3S/c1-11-15(25-16(19-11)12-9-18-20(2)10-12)17(24)21-8-4-3-5-13(21)6-7-14(22)23/h9-10,13H,3-8H2,1-2H3,(H,22,23)/t13-/m0/s1. The highest BCUT2D eigenvalue weighted by Crippen LogP contribution is 2.31. The quantitative estimate of drug-likeness (QED) is 0.883. The normalized spacial score (nSPS) is 17.7. The number of carboxylic acids is 1. The molecule has 2 aromatic heterocycles. The zero-order valence-corrected chi connectivity index (χ0v) is 15.3. The van der Waals surface area contributed by atoms with E-state index in [0.717, 1.165) is 35.5 Å². The van der Waals surface area contributed by atoms with E-state index in [1.165, 1.54) is 11.3 Å². The van der Waals surface area contributed by atoms with Crippen LogP contribution in [0.2, 0.25) is 0 Å². The Labute approximate surface area is 150 Å². The molecule has 0 unspecified atom stereocenters. The second-order valence-corrected chi connectivity index (χ2v) is 7.42. The van der Waals surface area contributed by atoms with Crippen molar-refractivity contribution in [2.45, 2.75) is 45.1 Å².